The van der Waals surface area contributed by atoms with Crippen LogP contribution in [0, 0.1) is 0 Å². The van der Waals surface area contributed by atoms with E-state index in [4.69, 9.17) is 4.52 Å². The lowest BCUT2D eigenvalue weighted by Crippen LogP contribution is -2.39. The van der Waals surface area contributed by atoms with Gasteiger partial charge in [0.2, 0.25) is 11.8 Å². The number of carbonyl (C=O) groups is 1. The predicted molar refractivity (Wildman–Crippen MR) is 79.1 cm³/mol. The molecular weight excluding hydrogens is 282 g/mol. The number of likely N-dealkylation sites (tertiary alicyclic amines) is 1. The molecule has 1 amide bonds. The highest BCUT2D eigenvalue weighted by atomic mass is 16.5. The molecule has 1 atom stereocenters. The average Bonchev–Trinajstić information content (AvgIpc) is 3.24. The van der Waals surface area contributed by atoms with Gasteiger partial charge in [0, 0.05) is 50.2 Å². The van der Waals surface area contributed by atoms with Crippen LogP contribution < -0.4 is 0 Å². The van der Waals surface area contributed by atoms with Crippen LogP contribution >= 0.6 is 0 Å². The zero-order chi connectivity index (χ0) is 15.4. The van der Waals surface area contributed by atoms with E-state index in [0.717, 1.165) is 38.0 Å². The molecule has 0 aliphatic carbocycles. The Labute approximate surface area is 129 Å². The standard InChI is InChI=1S/C15H21N5O2/c1-2-13-17-14(22-19-13)5-6-15(21)20-9-3-4-11(10-20)12-7-8-16-18-12/h7-8,11H,2-6,9-10H2,1H3,(H,16,18)/t11-/m1/s1. The van der Waals surface area contributed by atoms with Crippen LogP contribution in [-0.2, 0) is 17.6 Å². The minimum Gasteiger partial charge on any atom is -0.342 e. The van der Waals surface area contributed by atoms with Gasteiger partial charge >= 0.3 is 0 Å². The zero-order valence-corrected chi connectivity index (χ0v) is 12.8. The molecule has 0 bridgehead atoms. The largest absolute Gasteiger partial charge is 0.342 e. The molecule has 118 valence electrons. The highest BCUT2D eigenvalue weighted by Gasteiger charge is 2.25. The summed E-state index contributed by atoms with van der Waals surface area (Å²) in [5.74, 6) is 1.75. The second-order valence-electron chi connectivity index (χ2n) is 5.65. The first-order chi connectivity index (χ1) is 10.8. The quantitative estimate of drug-likeness (QED) is 0.908. The van der Waals surface area contributed by atoms with E-state index in [1.54, 1.807) is 6.20 Å². The van der Waals surface area contributed by atoms with Crippen LogP contribution in [0.2, 0.25) is 0 Å². The van der Waals surface area contributed by atoms with E-state index < -0.39 is 0 Å². The fraction of sp³-hybridized carbons (Fsp3) is 0.600. The van der Waals surface area contributed by atoms with Crippen LogP contribution in [0.15, 0.2) is 16.8 Å². The van der Waals surface area contributed by atoms with Crippen LogP contribution in [0.1, 0.15) is 49.5 Å². The number of piperidine rings is 1. The number of aryl methyl sites for hydroxylation is 2. The molecule has 22 heavy (non-hydrogen) atoms. The highest BCUT2D eigenvalue weighted by molar-refractivity contribution is 5.76. The number of nitrogens with one attached hydrogen (secondary N) is 1. The van der Waals surface area contributed by atoms with E-state index in [2.05, 4.69) is 20.3 Å². The molecule has 2 aromatic heterocycles. The third kappa shape index (κ3) is 3.35. The summed E-state index contributed by atoms with van der Waals surface area (Å²) in [4.78, 5) is 18.5. The maximum Gasteiger partial charge on any atom is 0.227 e. The molecule has 1 aliphatic rings. The average molecular weight is 303 g/mol. The van der Waals surface area contributed by atoms with E-state index >= 15 is 0 Å². The summed E-state index contributed by atoms with van der Waals surface area (Å²) >= 11 is 0. The van der Waals surface area contributed by atoms with Crippen molar-refractivity contribution in [2.45, 2.75) is 44.9 Å². The van der Waals surface area contributed by atoms with Gasteiger partial charge in [0.05, 0.1) is 0 Å². The van der Waals surface area contributed by atoms with Crippen LogP contribution in [0.25, 0.3) is 0 Å². The molecule has 3 heterocycles. The molecule has 0 aromatic carbocycles. The number of rotatable bonds is 5. The van der Waals surface area contributed by atoms with Gasteiger partial charge in [0.1, 0.15) is 0 Å². The number of amides is 1. The van der Waals surface area contributed by atoms with Crippen molar-refractivity contribution in [1.29, 1.82) is 0 Å². The van der Waals surface area contributed by atoms with Gasteiger partial charge in [-0.3, -0.25) is 9.89 Å². The van der Waals surface area contributed by atoms with E-state index in [0.29, 0.717) is 30.5 Å². The zero-order valence-electron chi connectivity index (χ0n) is 12.8. The van der Waals surface area contributed by atoms with Crippen molar-refractivity contribution in [1.82, 2.24) is 25.2 Å². The molecule has 1 fully saturated rings. The van der Waals surface area contributed by atoms with Crippen LogP contribution in [0.5, 0.6) is 0 Å². The molecule has 1 aliphatic heterocycles. The van der Waals surface area contributed by atoms with E-state index in [1.165, 1.54) is 0 Å². The Morgan fingerprint density at radius 3 is 3.18 bits per heavy atom. The Bertz CT molecular complexity index is 607. The van der Waals surface area contributed by atoms with Gasteiger partial charge in [0.15, 0.2) is 5.82 Å². The summed E-state index contributed by atoms with van der Waals surface area (Å²) in [6, 6.07) is 1.99. The second-order valence-corrected chi connectivity index (χ2v) is 5.65. The number of hydrogen-bond acceptors (Lipinski definition) is 5. The Balaban J connectivity index is 1.53. The molecule has 1 saturated heterocycles. The van der Waals surface area contributed by atoms with Crippen molar-refractivity contribution in [3.05, 3.63) is 29.7 Å². The lowest BCUT2D eigenvalue weighted by Gasteiger charge is -2.32. The predicted octanol–water partition coefficient (Wildman–Crippen LogP) is 1.69. The summed E-state index contributed by atoms with van der Waals surface area (Å²) in [6.45, 7) is 3.56. The fourth-order valence-electron chi connectivity index (χ4n) is 2.86. The van der Waals surface area contributed by atoms with Crippen molar-refractivity contribution >= 4 is 5.91 Å². The Morgan fingerprint density at radius 2 is 2.45 bits per heavy atom. The fourth-order valence-corrected chi connectivity index (χ4v) is 2.86. The molecule has 7 nitrogen and oxygen atoms in total. The highest BCUT2D eigenvalue weighted by Crippen LogP contribution is 2.25. The summed E-state index contributed by atoms with van der Waals surface area (Å²) < 4.78 is 5.13. The van der Waals surface area contributed by atoms with Gasteiger partial charge < -0.3 is 9.42 Å². The van der Waals surface area contributed by atoms with Gasteiger partial charge in [-0.05, 0) is 18.9 Å². The third-order valence-corrected chi connectivity index (χ3v) is 4.12. The van der Waals surface area contributed by atoms with Crippen molar-refractivity contribution in [2.75, 3.05) is 13.1 Å². The van der Waals surface area contributed by atoms with Crippen molar-refractivity contribution in [2.24, 2.45) is 0 Å². The van der Waals surface area contributed by atoms with E-state index in [1.807, 2.05) is 17.9 Å². The smallest absolute Gasteiger partial charge is 0.227 e. The summed E-state index contributed by atoms with van der Waals surface area (Å²) in [6.07, 6.45) is 5.55. The van der Waals surface area contributed by atoms with Gasteiger partial charge in [-0.25, -0.2) is 0 Å². The molecule has 0 radical (unpaired) electrons. The number of aromatic nitrogens is 4. The minimum atomic E-state index is 0.153. The van der Waals surface area contributed by atoms with Crippen LogP contribution in [-0.4, -0.2) is 44.2 Å². The molecule has 2 aromatic rings. The molecule has 1 N–H and O–H groups in total. The maximum absolute atomic E-state index is 12.4. The SMILES string of the molecule is CCc1noc(CCC(=O)N2CCC[C@@H](c3ccn[nH]3)C2)n1. The van der Waals surface area contributed by atoms with Gasteiger partial charge in [-0.1, -0.05) is 12.1 Å². The first-order valence-corrected chi connectivity index (χ1v) is 7.84. The molecule has 7 heteroatoms. The van der Waals surface area contributed by atoms with Crippen LogP contribution in [0.4, 0.5) is 0 Å². The number of nitrogens with zero attached hydrogens (tertiary/aromatic N) is 4. The normalized spacial score (nSPS) is 18.6. The lowest BCUT2D eigenvalue weighted by molar-refractivity contribution is -0.132. The monoisotopic (exact) mass is 303 g/mol. The van der Waals surface area contributed by atoms with Crippen LogP contribution in [0.3, 0.4) is 0 Å². The van der Waals surface area contributed by atoms with Gasteiger partial charge in [-0.15, -0.1) is 0 Å². The number of carbonyl (C=O) groups excluding carboxylic acids is 1. The lowest BCUT2D eigenvalue weighted by atomic mass is 9.94. The van der Waals surface area contributed by atoms with E-state index in [9.17, 15) is 4.79 Å². The Kier molecular flexibility index (Phi) is 4.50. The van der Waals surface area contributed by atoms with Gasteiger partial charge in [-0.2, -0.15) is 10.1 Å². The van der Waals surface area contributed by atoms with E-state index in [-0.39, 0.29) is 5.91 Å². The molecule has 0 unspecified atom stereocenters. The molecular formula is C15H21N5O2. The number of aromatic amines is 1. The summed E-state index contributed by atoms with van der Waals surface area (Å²) in [5, 5.41) is 10.9. The van der Waals surface area contributed by atoms with Gasteiger partial charge in [0.25, 0.3) is 0 Å². The first-order valence-electron chi connectivity index (χ1n) is 7.84. The summed E-state index contributed by atoms with van der Waals surface area (Å²) in [7, 11) is 0. The molecule has 3 rings (SSSR count). The second kappa shape index (κ2) is 6.72. The maximum atomic E-state index is 12.4. The van der Waals surface area contributed by atoms with Crippen molar-refractivity contribution in [3.8, 4) is 0 Å². The summed E-state index contributed by atoms with van der Waals surface area (Å²) in [5.41, 5.74) is 1.11. The van der Waals surface area contributed by atoms with Crippen molar-refractivity contribution in [3.63, 3.8) is 0 Å². The number of H-pyrrole nitrogens is 1. The number of hydrogen-bond donors (Lipinski definition) is 1. The Morgan fingerprint density at radius 1 is 1.55 bits per heavy atom. The Hall–Kier alpha value is -2.18. The first kappa shape index (κ1) is 14.7. The molecule has 0 spiro atoms. The topological polar surface area (TPSA) is 87.9 Å². The van der Waals surface area contributed by atoms with Crippen molar-refractivity contribution < 1.29 is 9.32 Å². The minimum absolute atomic E-state index is 0.153. The third-order valence-electron chi connectivity index (χ3n) is 4.12. The molecule has 0 saturated carbocycles.